The zero-order valence-corrected chi connectivity index (χ0v) is 10.5. The predicted octanol–water partition coefficient (Wildman–Crippen LogP) is 3.07. The van der Waals surface area contributed by atoms with Crippen LogP contribution in [0.5, 0.6) is 0 Å². The van der Waals surface area contributed by atoms with Crippen molar-refractivity contribution in [2.75, 3.05) is 5.32 Å². The molecule has 0 bridgehead atoms. The van der Waals surface area contributed by atoms with Crippen molar-refractivity contribution in [3.63, 3.8) is 0 Å². The van der Waals surface area contributed by atoms with E-state index in [4.69, 9.17) is 5.26 Å². The Kier molecular flexibility index (Phi) is 2.86. The molecule has 0 radical (unpaired) electrons. The number of nitriles is 1. The van der Waals surface area contributed by atoms with Crippen molar-refractivity contribution in [2.24, 2.45) is 11.8 Å². The van der Waals surface area contributed by atoms with Gasteiger partial charge in [0.2, 0.25) is 0 Å². The summed E-state index contributed by atoms with van der Waals surface area (Å²) < 4.78 is 0. The molecule has 0 atom stereocenters. The number of nitrogens with one attached hydrogen (secondary N) is 1. The molecule has 19 heavy (non-hydrogen) atoms. The third-order valence-corrected chi connectivity index (χ3v) is 3.91. The van der Waals surface area contributed by atoms with Crippen LogP contribution in [0.3, 0.4) is 0 Å². The Labute approximate surface area is 111 Å². The number of nitrogens with zero attached hydrogens (tertiary/aromatic N) is 2. The van der Waals surface area contributed by atoms with Gasteiger partial charge in [0.05, 0.1) is 16.6 Å². The summed E-state index contributed by atoms with van der Waals surface area (Å²) in [6, 6.07) is 6.95. The molecule has 1 N–H and O–H groups in total. The highest BCUT2D eigenvalue weighted by molar-refractivity contribution is 5.64. The number of hydrogen-bond donors (Lipinski definition) is 1. The molecule has 98 valence electrons. The van der Waals surface area contributed by atoms with Crippen LogP contribution in [0.15, 0.2) is 18.2 Å². The maximum Gasteiger partial charge on any atom is 0.293 e. The van der Waals surface area contributed by atoms with Crippen LogP contribution in [0.1, 0.15) is 31.2 Å². The fourth-order valence-electron chi connectivity index (χ4n) is 2.59. The summed E-state index contributed by atoms with van der Waals surface area (Å²) in [5.41, 5.74) is 0.879. The summed E-state index contributed by atoms with van der Waals surface area (Å²) in [6.07, 6.45) is 4.88. The van der Waals surface area contributed by atoms with Crippen molar-refractivity contribution in [3.8, 4) is 6.07 Å². The van der Waals surface area contributed by atoms with E-state index in [0.717, 1.165) is 0 Å². The molecule has 2 aliphatic carbocycles. The van der Waals surface area contributed by atoms with Gasteiger partial charge >= 0.3 is 0 Å². The Morgan fingerprint density at radius 3 is 2.42 bits per heavy atom. The van der Waals surface area contributed by atoms with Crippen molar-refractivity contribution in [1.82, 2.24) is 0 Å². The fourth-order valence-corrected chi connectivity index (χ4v) is 2.59. The van der Waals surface area contributed by atoms with Gasteiger partial charge in [0.25, 0.3) is 5.69 Å². The fraction of sp³-hybridized carbons (Fsp3) is 0.500. The monoisotopic (exact) mass is 257 g/mol. The number of nitro benzene ring substituents is 1. The lowest BCUT2D eigenvalue weighted by Crippen LogP contribution is -2.24. The van der Waals surface area contributed by atoms with Crippen LogP contribution in [0.4, 0.5) is 11.4 Å². The van der Waals surface area contributed by atoms with Gasteiger partial charge in [0, 0.05) is 12.1 Å². The van der Waals surface area contributed by atoms with Crippen molar-refractivity contribution in [1.29, 1.82) is 5.26 Å². The van der Waals surface area contributed by atoms with Gasteiger partial charge in [-0.1, -0.05) is 0 Å². The van der Waals surface area contributed by atoms with E-state index in [0.29, 0.717) is 29.1 Å². The van der Waals surface area contributed by atoms with Gasteiger partial charge in [0.15, 0.2) is 0 Å². The summed E-state index contributed by atoms with van der Waals surface area (Å²) in [7, 11) is 0. The predicted molar refractivity (Wildman–Crippen MR) is 70.7 cm³/mol. The number of benzene rings is 1. The van der Waals surface area contributed by atoms with E-state index in [1.165, 1.54) is 31.7 Å². The Bertz CT molecular complexity index is 544. The summed E-state index contributed by atoms with van der Waals surface area (Å²) in [5, 5.41) is 23.3. The molecule has 0 aromatic heterocycles. The van der Waals surface area contributed by atoms with Gasteiger partial charge in [-0.3, -0.25) is 10.1 Å². The van der Waals surface area contributed by atoms with Gasteiger partial charge in [-0.05, 0) is 49.7 Å². The smallest absolute Gasteiger partial charge is 0.293 e. The average molecular weight is 257 g/mol. The first kappa shape index (κ1) is 12.0. The van der Waals surface area contributed by atoms with E-state index in [2.05, 4.69) is 5.32 Å². The molecule has 0 amide bonds. The molecule has 2 saturated carbocycles. The molecule has 1 aromatic carbocycles. The normalized spacial score (nSPS) is 18.1. The highest BCUT2D eigenvalue weighted by Gasteiger charge is 2.42. The number of nitro groups is 1. The third-order valence-electron chi connectivity index (χ3n) is 3.91. The standard InChI is InChI=1S/C14H15N3O2/c15-8-9-1-6-12(13(7-9)17(18)19)16-14(10-2-3-10)11-4-5-11/h1,6-7,10-11,14,16H,2-5H2. The van der Waals surface area contributed by atoms with E-state index in [1.54, 1.807) is 12.1 Å². The van der Waals surface area contributed by atoms with E-state index in [-0.39, 0.29) is 5.69 Å². The second-order valence-electron chi connectivity index (χ2n) is 5.45. The van der Waals surface area contributed by atoms with Crippen LogP contribution in [-0.4, -0.2) is 11.0 Å². The van der Waals surface area contributed by atoms with Gasteiger partial charge in [-0.25, -0.2) is 0 Å². The minimum absolute atomic E-state index is 0.00495. The topological polar surface area (TPSA) is 79.0 Å². The van der Waals surface area contributed by atoms with Crippen LogP contribution in [-0.2, 0) is 0 Å². The van der Waals surface area contributed by atoms with Crippen molar-refractivity contribution in [2.45, 2.75) is 31.7 Å². The molecule has 0 saturated heterocycles. The third kappa shape index (κ3) is 2.53. The Balaban J connectivity index is 1.86. The minimum atomic E-state index is -0.417. The van der Waals surface area contributed by atoms with Crippen LogP contribution >= 0.6 is 0 Å². The quantitative estimate of drug-likeness (QED) is 0.649. The molecule has 2 fully saturated rings. The summed E-state index contributed by atoms with van der Waals surface area (Å²) in [5.74, 6) is 1.34. The zero-order chi connectivity index (χ0) is 13.4. The van der Waals surface area contributed by atoms with E-state index in [9.17, 15) is 10.1 Å². The SMILES string of the molecule is N#Cc1ccc(NC(C2CC2)C2CC2)c([N+](=O)[O-])c1. The van der Waals surface area contributed by atoms with Crippen molar-refractivity contribution < 1.29 is 4.92 Å². The molecule has 5 nitrogen and oxygen atoms in total. The lowest BCUT2D eigenvalue weighted by molar-refractivity contribution is -0.384. The first-order valence-electron chi connectivity index (χ1n) is 6.64. The second kappa shape index (κ2) is 4.54. The molecule has 2 aliphatic rings. The van der Waals surface area contributed by atoms with E-state index < -0.39 is 4.92 Å². The molecular formula is C14H15N3O2. The number of anilines is 1. The maximum absolute atomic E-state index is 11.1. The van der Waals surface area contributed by atoms with Crippen LogP contribution in [0.25, 0.3) is 0 Å². The highest BCUT2D eigenvalue weighted by atomic mass is 16.6. The molecule has 0 heterocycles. The van der Waals surface area contributed by atoms with Crippen molar-refractivity contribution in [3.05, 3.63) is 33.9 Å². The first-order valence-corrected chi connectivity index (χ1v) is 6.64. The van der Waals surface area contributed by atoms with E-state index >= 15 is 0 Å². The largest absolute Gasteiger partial charge is 0.376 e. The second-order valence-corrected chi connectivity index (χ2v) is 5.45. The molecule has 0 unspecified atom stereocenters. The molecule has 0 aliphatic heterocycles. The molecule has 1 aromatic rings. The van der Waals surface area contributed by atoms with Gasteiger partial charge in [-0.2, -0.15) is 5.26 Å². The lowest BCUT2D eigenvalue weighted by atomic mass is 10.1. The van der Waals surface area contributed by atoms with Crippen molar-refractivity contribution >= 4 is 11.4 Å². The summed E-state index contributed by atoms with van der Waals surface area (Å²) in [6.45, 7) is 0. The molecule has 3 rings (SSSR count). The molecule has 5 heteroatoms. The van der Waals surface area contributed by atoms with Gasteiger partial charge in [-0.15, -0.1) is 0 Å². The van der Waals surface area contributed by atoms with Crippen LogP contribution in [0, 0.1) is 33.3 Å². The highest BCUT2D eigenvalue weighted by Crippen LogP contribution is 2.46. The average Bonchev–Trinajstić information content (AvgIpc) is 3.29. The van der Waals surface area contributed by atoms with Gasteiger partial charge in [0.1, 0.15) is 5.69 Å². The first-order chi connectivity index (χ1) is 9.19. The lowest BCUT2D eigenvalue weighted by Gasteiger charge is -2.19. The van der Waals surface area contributed by atoms with Gasteiger partial charge < -0.3 is 5.32 Å². The number of hydrogen-bond acceptors (Lipinski definition) is 4. The molecule has 0 spiro atoms. The maximum atomic E-state index is 11.1. The minimum Gasteiger partial charge on any atom is -0.376 e. The van der Waals surface area contributed by atoms with E-state index in [1.807, 2.05) is 6.07 Å². The summed E-state index contributed by atoms with van der Waals surface area (Å²) >= 11 is 0. The Morgan fingerprint density at radius 2 is 1.95 bits per heavy atom. The van der Waals surface area contributed by atoms with Crippen LogP contribution in [0.2, 0.25) is 0 Å². The number of rotatable bonds is 5. The zero-order valence-electron chi connectivity index (χ0n) is 10.5. The molecular weight excluding hydrogens is 242 g/mol. The summed E-state index contributed by atoms with van der Waals surface area (Å²) in [4.78, 5) is 10.7. The Morgan fingerprint density at radius 1 is 1.32 bits per heavy atom. The Hall–Kier alpha value is -2.09. The van der Waals surface area contributed by atoms with Crippen LogP contribution < -0.4 is 5.32 Å².